The number of hydrogen-bond donors (Lipinski definition) is 0. The molecule has 0 atom stereocenters. The van der Waals surface area contributed by atoms with Gasteiger partial charge in [0.15, 0.2) is 0 Å². The molecule has 0 aliphatic rings. The second-order valence-corrected chi connectivity index (χ2v) is 19.3. The van der Waals surface area contributed by atoms with Crippen LogP contribution in [0.1, 0.15) is 27.7 Å². The topological polar surface area (TPSA) is 0 Å². The summed E-state index contributed by atoms with van der Waals surface area (Å²) < 4.78 is 5.90. The summed E-state index contributed by atoms with van der Waals surface area (Å²) in [6, 6.07) is 0. The van der Waals surface area contributed by atoms with Crippen molar-refractivity contribution in [1.29, 1.82) is 0 Å². The third kappa shape index (κ3) is 3.64. The predicted octanol–water partition coefficient (Wildman–Crippen LogP) is 4.07. The third-order valence-corrected chi connectivity index (χ3v) is 19.6. The zero-order valence-corrected chi connectivity index (χ0v) is 11.4. The molecule has 0 nitrogen and oxygen atoms in total. The fraction of sp³-hybridized carbons (Fsp3) is 0.800. The molecular weight excluding hydrogens is 239 g/mol. The van der Waals surface area contributed by atoms with Gasteiger partial charge in [-0.1, -0.05) is 0 Å². The molecule has 0 aliphatic carbocycles. The summed E-state index contributed by atoms with van der Waals surface area (Å²) >= 11 is -1.61. The van der Waals surface area contributed by atoms with Crippen LogP contribution in [-0.4, -0.2) is 18.4 Å². The average molecular weight is 261 g/mol. The molecule has 0 fully saturated rings. The van der Waals surface area contributed by atoms with Crippen LogP contribution in [0.4, 0.5) is 0 Å². The number of hydrogen-bond acceptors (Lipinski definition) is 0. The van der Waals surface area contributed by atoms with Gasteiger partial charge in [0.1, 0.15) is 0 Å². The fourth-order valence-electron chi connectivity index (χ4n) is 1.77. The van der Waals surface area contributed by atoms with Gasteiger partial charge in [0.05, 0.1) is 0 Å². The van der Waals surface area contributed by atoms with Crippen LogP contribution in [0.15, 0.2) is 12.2 Å². The van der Waals surface area contributed by atoms with Gasteiger partial charge in [-0.2, -0.15) is 0 Å². The first-order chi connectivity index (χ1) is 5.10. The van der Waals surface area contributed by atoms with E-state index >= 15 is 0 Å². The second-order valence-electron chi connectivity index (χ2n) is 3.69. The number of rotatable bonds is 5. The predicted molar refractivity (Wildman–Crippen MR) is 56.8 cm³/mol. The summed E-state index contributed by atoms with van der Waals surface area (Å²) in [7, 11) is 0. The van der Waals surface area contributed by atoms with Gasteiger partial charge >= 0.3 is 76.0 Å². The average Bonchev–Trinajstić information content (AvgIpc) is 2.00. The van der Waals surface area contributed by atoms with E-state index in [0.717, 1.165) is 0 Å². The molecule has 0 N–H and O–H groups in total. The maximum absolute atomic E-state index is 4.04. The monoisotopic (exact) mass is 262 g/mol. The first kappa shape index (κ1) is 11.5. The molecule has 0 unspecified atom stereocenters. The molecule has 0 heterocycles. The molecule has 0 amide bonds. The molecule has 1 heteroatoms. The van der Waals surface area contributed by atoms with Crippen molar-refractivity contribution in [3.8, 4) is 0 Å². The van der Waals surface area contributed by atoms with E-state index in [0.29, 0.717) is 0 Å². The summed E-state index contributed by atoms with van der Waals surface area (Å²) in [5.74, 6) is 0. The van der Waals surface area contributed by atoms with E-state index in [-0.39, 0.29) is 0 Å². The van der Waals surface area contributed by atoms with Gasteiger partial charge in [-0.15, -0.1) is 0 Å². The zero-order valence-electron chi connectivity index (χ0n) is 8.54. The first-order valence-electron chi connectivity index (χ1n) is 4.74. The maximum atomic E-state index is 4.04. The third-order valence-electron chi connectivity index (χ3n) is 2.93. The summed E-state index contributed by atoms with van der Waals surface area (Å²) in [5.41, 5.74) is 1.42. The van der Waals surface area contributed by atoms with Crippen LogP contribution in [0.5, 0.6) is 0 Å². The van der Waals surface area contributed by atoms with Gasteiger partial charge in [-0.25, -0.2) is 0 Å². The SMILES string of the molecule is C=C(C)[CH2][Sn]([CH2]C)([CH2]C)[CH2]C. The minimum absolute atomic E-state index is 1.41. The Labute approximate surface area is 76.0 Å². The minimum atomic E-state index is -1.61. The van der Waals surface area contributed by atoms with Crippen molar-refractivity contribution in [3.05, 3.63) is 12.2 Å². The van der Waals surface area contributed by atoms with E-state index in [1.165, 1.54) is 23.3 Å². The molecule has 66 valence electrons. The molecule has 0 saturated heterocycles. The Morgan fingerprint density at radius 2 is 1.45 bits per heavy atom. The van der Waals surface area contributed by atoms with Crippen LogP contribution in [0.3, 0.4) is 0 Å². The summed E-state index contributed by atoms with van der Waals surface area (Å²) in [6.45, 7) is 13.4. The Bertz CT molecular complexity index is 115. The van der Waals surface area contributed by atoms with Gasteiger partial charge in [0.2, 0.25) is 0 Å². The zero-order chi connectivity index (χ0) is 8.91. The van der Waals surface area contributed by atoms with Crippen LogP contribution in [-0.2, 0) is 0 Å². The van der Waals surface area contributed by atoms with Gasteiger partial charge < -0.3 is 0 Å². The Morgan fingerprint density at radius 1 is 1.09 bits per heavy atom. The Kier molecular flexibility index (Phi) is 5.49. The van der Waals surface area contributed by atoms with Gasteiger partial charge in [-0.3, -0.25) is 0 Å². The van der Waals surface area contributed by atoms with Crippen molar-refractivity contribution >= 4 is 18.4 Å². The Balaban J connectivity index is 4.16. The molecule has 0 aromatic heterocycles. The molecule has 0 radical (unpaired) electrons. The van der Waals surface area contributed by atoms with Crippen LogP contribution >= 0.6 is 0 Å². The van der Waals surface area contributed by atoms with Gasteiger partial charge in [0.25, 0.3) is 0 Å². The van der Waals surface area contributed by atoms with Crippen LogP contribution in [0.25, 0.3) is 0 Å². The molecular formula is C10H22Sn. The van der Waals surface area contributed by atoms with Crippen LogP contribution < -0.4 is 0 Å². The van der Waals surface area contributed by atoms with Crippen molar-refractivity contribution < 1.29 is 0 Å². The van der Waals surface area contributed by atoms with Crippen molar-refractivity contribution in [2.24, 2.45) is 0 Å². The molecule has 0 spiro atoms. The normalized spacial score (nSPS) is 11.6. The van der Waals surface area contributed by atoms with Gasteiger partial charge in [-0.05, 0) is 0 Å². The van der Waals surface area contributed by atoms with Crippen molar-refractivity contribution in [3.63, 3.8) is 0 Å². The molecule has 0 bridgehead atoms. The Hall–Kier alpha value is 0.539. The second kappa shape index (κ2) is 5.23. The summed E-state index contributed by atoms with van der Waals surface area (Å²) in [5, 5.41) is 0. The molecule has 0 rings (SSSR count). The van der Waals surface area contributed by atoms with E-state index in [9.17, 15) is 0 Å². The molecule has 0 saturated carbocycles. The van der Waals surface area contributed by atoms with Crippen LogP contribution in [0, 0.1) is 0 Å². The van der Waals surface area contributed by atoms with Crippen molar-refractivity contribution in [2.75, 3.05) is 0 Å². The summed E-state index contributed by atoms with van der Waals surface area (Å²) in [4.78, 5) is 0. The van der Waals surface area contributed by atoms with E-state index in [2.05, 4.69) is 34.3 Å². The van der Waals surface area contributed by atoms with Gasteiger partial charge in [0, 0.05) is 0 Å². The van der Waals surface area contributed by atoms with E-state index in [1.54, 1.807) is 0 Å². The Morgan fingerprint density at radius 3 is 1.55 bits per heavy atom. The molecule has 0 aromatic rings. The van der Waals surface area contributed by atoms with E-state index < -0.39 is 18.4 Å². The van der Waals surface area contributed by atoms with E-state index in [4.69, 9.17) is 0 Å². The quantitative estimate of drug-likeness (QED) is 0.516. The molecule has 0 aliphatic heterocycles. The standard InChI is InChI=1S/C4H7.3C2H5.Sn/c1-4(2)3;3*1-2;/h1-2H2,3H3;3*1H2,2H3;. The fourth-order valence-corrected chi connectivity index (χ4v) is 11.8. The number of allylic oxidation sites excluding steroid dienone is 1. The van der Waals surface area contributed by atoms with E-state index in [1.807, 2.05) is 0 Å². The summed E-state index contributed by atoms with van der Waals surface area (Å²) in [6.07, 6.45) is 0. The van der Waals surface area contributed by atoms with Crippen molar-refractivity contribution in [2.45, 2.75) is 45.4 Å². The molecule has 0 aromatic carbocycles. The molecule has 11 heavy (non-hydrogen) atoms. The first-order valence-corrected chi connectivity index (χ1v) is 12.8. The van der Waals surface area contributed by atoms with Crippen molar-refractivity contribution in [1.82, 2.24) is 0 Å². The van der Waals surface area contributed by atoms with Crippen LogP contribution in [0.2, 0.25) is 17.7 Å².